The number of nitrogens with zero attached hydrogens (tertiary/aromatic N) is 3. The van der Waals surface area contributed by atoms with Crippen LogP contribution in [0.5, 0.6) is 0 Å². The normalized spacial score (nSPS) is 18.5. The molecule has 0 fully saturated rings. The van der Waals surface area contributed by atoms with Gasteiger partial charge < -0.3 is 0 Å². The number of aromatic nitrogens is 2. The highest BCUT2D eigenvalue weighted by atomic mass is 35.5. The van der Waals surface area contributed by atoms with Gasteiger partial charge in [0.15, 0.2) is 0 Å². The van der Waals surface area contributed by atoms with Gasteiger partial charge in [-0.3, -0.25) is 9.69 Å². The van der Waals surface area contributed by atoms with Crippen LogP contribution in [0.1, 0.15) is 29.9 Å². The van der Waals surface area contributed by atoms with Crippen LogP contribution >= 0.6 is 23.2 Å². The zero-order chi connectivity index (χ0) is 11.2. The summed E-state index contributed by atoms with van der Waals surface area (Å²) in [5.41, 5.74) is 0.732. The Kier molecular flexibility index (Phi) is 2.35. The van der Waals surface area contributed by atoms with E-state index in [0.717, 1.165) is 0 Å². The summed E-state index contributed by atoms with van der Waals surface area (Å²) in [5, 5.41) is 0. The fraction of sp³-hybridized carbons (Fsp3) is 0.444. The molecule has 1 amide bonds. The quantitative estimate of drug-likeness (QED) is 0.561. The molecule has 0 unspecified atom stereocenters. The second-order valence-corrected chi connectivity index (χ2v) is 4.88. The zero-order valence-corrected chi connectivity index (χ0v) is 9.75. The van der Waals surface area contributed by atoms with Gasteiger partial charge in [0.05, 0.1) is 5.56 Å². The van der Waals surface area contributed by atoms with Crippen molar-refractivity contribution in [3.8, 4) is 0 Å². The average molecular weight is 246 g/mol. The van der Waals surface area contributed by atoms with Crippen LogP contribution in [0.3, 0.4) is 0 Å². The van der Waals surface area contributed by atoms with Crippen molar-refractivity contribution in [1.82, 2.24) is 14.9 Å². The molecular weight excluding hydrogens is 237 g/mol. The second-order valence-electron chi connectivity index (χ2n) is 3.60. The molecule has 2 rings (SSSR count). The monoisotopic (exact) mass is 245 g/mol. The second kappa shape index (κ2) is 3.32. The minimum absolute atomic E-state index is 0.0956. The van der Waals surface area contributed by atoms with Crippen LogP contribution in [0.15, 0.2) is 12.5 Å². The Bertz CT molecular complexity index is 420. The Hall–Kier alpha value is -0.870. The summed E-state index contributed by atoms with van der Waals surface area (Å²) in [6.45, 7) is 3.69. The predicted molar refractivity (Wildman–Crippen MR) is 56.7 cm³/mol. The number of carbonyl (C=O) groups excluding carboxylic acids is 1. The standard InChI is InChI=1S/C9H9Cl2N3O/c1-5(2)14-8(15)7-6(9(14,10)11)3-12-4-13-7/h3-5H,1-2H3. The first-order valence-electron chi connectivity index (χ1n) is 4.48. The molecule has 0 spiro atoms. The van der Waals surface area contributed by atoms with Crippen molar-refractivity contribution in [2.24, 2.45) is 0 Å². The number of amides is 1. The van der Waals surface area contributed by atoms with Gasteiger partial charge in [0, 0.05) is 12.2 Å². The molecule has 0 bridgehead atoms. The summed E-state index contributed by atoms with van der Waals surface area (Å²) in [5.74, 6) is -0.257. The molecule has 0 saturated carbocycles. The van der Waals surface area contributed by atoms with E-state index in [1.807, 2.05) is 13.8 Å². The Morgan fingerprint density at radius 3 is 2.67 bits per heavy atom. The maximum Gasteiger partial charge on any atom is 0.275 e. The topological polar surface area (TPSA) is 46.1 Å². The fourth-order valence-corrected chi connectivity index (χ4v) is 2.47. The van der Waals surface area contributed by atoms with E-state index in [9.17, 15) is 4.79 Å². The van der Waals surface area contributed by atoms with Gasteiger partial charge >= 0.3 is 0 Å². The van der Waals surface area contributed by atoms with Crippen molar-refractivity contribution in [3.05, 3.63) is 23.8 Å². The van der Waals surface area contributed by atoms with E-state index in [4.69, 9.17) is 23.2 Å². The number of rotatable bonds is 1. The molecule has 0 N–H and O–H groups in total. The molecule has 0 atom stereocenters. The molecule has 1 aliphatic rings. The smallest absolute Gasteiger partial charge is 0.275 e. The number of fused-ring (bicyclic) bond motifs is 1. The van der Waals surface area contributed by atoms with Crippen molar-refractivity contribution >= 4 is 29.1 Å². The molecule has 1 aliphatic heterocycles. The van der Waals surface area contributed by atoms with Crippen LogP contribution in [0.2, 0.25) is 0 Å². The van der Waals surface area contributed by atoms with Gasteiger partial charge in [0.1, 0.15) is 12.0 Å². The molecule has 2 heterocycles. The van der Waals surface area contributed by atoms with Gasteiger partial charge in [0.2, 0.25) is 4.46 Å². The summed E-state index contributed by atoms with van der Waals surface area (Å²) in [6.07, 6.45) is 2.78. The van der Waals surface area contributed by atoms with Crippen molar-refractivity contribution < 1.29 is 4.79 Å². The minimum atomic E-state index is -1.36. The third kappa shape index (κ3) is 1.40. The summed E-state index contributed by atoms with van der Waals surface area (Å²) in [7, 11) is 0. The van der Waals surface area contributed by atoms with Gasteiger partial charge in [-0.1, -0.05) is 23.2 Å². The van der Waals surface area contributed by atoms with E-state index in [1.54, 1.807) is 0 Å². The first-order valence-corrected chi connectivity index (χ1v) is 5.24. The van der Waals surface area contributed by atoms with Crippen LogP contribution in [-0.2, 0) is 4.46 Å². The first-order chi connectivity index (χ1) is 6.96. The number of hydrogen-bond acceptors (Lipinski definition) is 3. The lowest BCUT2D eigenvalue weighted by molar-refractivity contribution is 0.0686. The van der Waals surface area contributed by atoms with Crippen LogP contribution in [0, 0.1) is 0 Å². The predicted octanol–water partition coefficient (Wildman–Crippen LogP) is 1.93. The maximum atomic E-state index is 11.9. The van der Waals surface area contributed by atoms with Gasteiger partial charge in [-0.15, -0.1) is 0 Å². The highest BCUT2D eigenvalue weighted by Crippen LogP contribution is 2.45. The Morgan fingerprint density at radius 2 is 2.13 bits per heavy atom. The Labute approximate surface area is 97.2 Å². The molecule has 0 radical (unpaired) electrons. The molecule has 0 saturated heterocycles. The fourth-order valence-electron chi connectivity index (χ4n) is 1.65. The average Bonchev–Trinajstić information content (AvgIpc) is 2.36. The highest BCUT2D eigenvalue weighted by Gasteiger charge is 2.49. The largest absolute Gasteiger partial charge is 0.299 e. The molecule has 6 heteroatoms. The summed E-state index contributed by atoms with van der Waals surface area (Å²) in [6, 6.07) is -0.0956. The number of alkyl halides is 2. The molecule has 0 aliphatic carbocycles. The summed E-state index contributed by atoms with van der Waals surface area (Å²) >= 11 is 12.3. The first kappa shape index (κ1) is 10.6. The molecular formula is C9H9Cl2N3O. The van der Waals surface area contributed by atoms with Gasteiger partial charge in [-0.05, 0) is 13.8 Å². The van der Waals surface area contributed by atoms with E-state index < -0.39 is 4.46 Å². The lowest BCUT2D eigenvalue weighted by atomic mass is 10.3. The van der Waals surface area contributed by atoms with Gasteiger partial charge in [-0.2, -0.15) is 0 Å². The van der Waals surface area contributed by atoms with Crippen LogP contribution < -0.4 is 0 Å². The SMILES string of the molecule is CC(C)N1C(=O)c2ncncc2C1(Cl)Cl. The van der Waals surface area contributed by atoms with Crippen molar-refractivity contribution in [1.29, 1.82) is 0 Å². The van der Waals surface area contributed by atoms with Crippen molar-refractivity contribution in [3.63, 3.8) is 0 Å². The molecule has 1 aromatic heterocycles. The van der Waals surface area contributed by atoms with Crippen molar-refractivity contribution in [2.75, 3.05) is 0 Å². The molecule has 4 nitrogen and oxygen atoms in total. The van der Waals surface area contributed by atoms with E-state index in [1.165, 1.54) is 17.4 Å². The third-order valence-corrected chi connectivity index (χ3v) is 3.05. The van der Waals surface area contributed by atoms with Crippen LogP contribution in [-0.4, -0.2) is 26.8 Å². The Morgan fingerprint density at radius 1 is 1.47 bits per heavy atom. The molecule has 80 valence electrons. The van der Waals surface area contributed by atoms with Gasteiger partial charge in [0.25, 0.3) is 5.91 Å². The summed E-state index contributed by atoms with van der Waals surface area (Å²) in [4.78, 5) is 21.0. The van der Waals surface area contributed by atoms with Crippen molar-refractivity contribution in [2.45, 2.75) is 24.3 Å². The molecule has 15 heavy (non-hydrogen) atoms. The van der Waals surface area contributed by atoms with Crippen LogP contribution in [0.25, 0.3) is 0 Å². The van der Waals surface area contributed by atoms with E-state index >= 15 is 0 Å². The molecule has 0 aromatic carbocycles. The van der Waals surface area contributed by atoms with E-state index in [0.29, 0.717) is 5.56 Å². The lowest BCUT2D eigenvalue weighted by Crippen LogP contribution is -2.40. The van der Waals surface area contributed by atoms with E-state index in [2.05, 4.69) is 9.97 Å². The number of halogens is 2. The molecule has 1 aromatic rings. The van der Waals surface area contributed by atoms with Crippen LogP contribution in [0.4, 0.5) is 0 Å². The Balaban J connectivity index is 2.60. The number of carbonyl (C=O) groups is 1. The minimum Gasteiger partial charge on any atom is -0.299 e. The highest BCUT2D eigenvalue weighted by molar-refractivity contribution is 6.49. The summed E-state index contributed by atoms with van der Waals surface area (Å²) < 4.78 is -1.36. The lowest BCUT2D eigenvalue weighted by Gasteiger charge is -2.30. The maximum absolute atomic E-state index is 11.9. The zero-order valence-electron chi connectivity index (χ0n) is 8.24. The van der Waals surface area contributed by atoms with E-state index in [-0.39, 0.29) is 17.6 Å². The van der Waals surface area contributed by atoms with Gasteiger partial charge in [-0.25, -0.2) is 9.97 Å². The number of hydrogen-bond donors (Lipinski definition) is 0. The third-order valence-electron chi connectivity index (χ3n) is 2.28.